The lowest BCUT2D eigenvalue weighted by Crippen LogP contribution is -2.49. The third-order valence-electron chi connectivity index (χ3n) is 4.67. The third kappa shape index (κ3) is 3.62. The number of methoxy groups -OCH3 is 2. The number of carbonyl (C=O) groups excluding carboxylic acids is 3. The van der Waals surface area contributed by atoms with Gasteiger partial charge in [0.05, 0.1) is 33.2 Å². The summed E-state index contributed by atoms with van der Waals surface area (Å²) in [4.78, 5) is 38.3. The van der Waals surface area contributed by atoms with E-state index >= 15 is 0 Å². The molecule has 1 atom stereocenters. The molecular formula is C19H22N3O5S+. The first-order chi connectivity index (χ1) is 13.4. The second-order valence-electron chi connectivity index (χ2n) is 6.38. The van der Waals surface area contributed by atoms with Crippen molar-refractivity contribution in [1.82, 2.24) is 10.2 Å². The maximum absolute atomic E-state index is 12.5. The second-order valence-corrected chi connectivity index (χ2v) is 7.45. The van der Waals surface area contributed by atoms with Crippen LogP contribution >= 0.6 is 11.8 Å². The number of hydrogen-bond donors (Lipinski definition) is 1. The summed E-state index contributed by atoms with van der Waals surface area (Å²) in [7, 11) is 6.20. The van der Waals surface area contributed by atoms with Crippen LogP contribution in [-0.2, 0) is 16.0 Å². The fraction of sp³-hybridized carbons (Fsp3) is 0.368. The van der Waals surface area contributed by atoms with Gasteiger partial charge in [0.2, 0.25) is 0 Å². The molecule has 28 heavy (non-hydrogen) atoms. The topological polar surface area (TPSA) is 88.0 Å². The lowest BCUT2D eigenvalue weighted by Gasteiger charge is -2.18. The molecule has 3 rings (SSSR count). The number of thioether (sulfide) groups is 1. The second kappa shape index (κ2) is 8.05. The van der Waals surface area contributed by atoms with Crippen molar-refractivity contribution in [3.05, 3.63) is 34.7 Å². The number of imide groups is 1. The van der Waals surface area contributed by atoms with E-state index in [-0.39, 0.29) is 11.8 Å². The van der Waals surface area contributed by atoms with Gasteiger partial charge in [-0.1, -0.05) is 6.07 Å². The summed E-state index contributed by atoms with van der Waals surface area (Å²) in [6.07, 6.45) is 2.23. The Hall–Kier alpha value is -2.81. The summed E-state index contributed by atoms with van der Waals surface area (Å²) in [5, 5.41) is 3.43. The third-order valence-corrected chi connectivity index (χ3v) is 5.95. The summed E-state index contributed by atoms with van der Waals surface area (Å²) in [6, 6.07) is 5.21. The molecule has 4 amide bonds. The molecule has 1 N–H and O–H groups in total. The standard InChI is InChI=1S/C19H21N3O5S/c1-21-17(24)12-10-15(28-18(12)22(2)19(21)25)16(23)20-8-7-11-5-6-13(26-3)14(9-11)27-4/h5-6,9-10,12H,7-8H2,1-4H3/p+1. The van der Waals surface area contributed by atoms with Gasteiger partial charge in [-0.3, -0.25) is 4.79 Å². The number of hydrogen-bond acceptors (Lipinski definition) is 6. The molecule has 0 spiro atoms. The van der Waals surface area contributed by atoms with E-state index < -0.39 is 11.9 Å². The predicted molar refractivity (Wildman–Crippen MR) is 105 cm³/mol. The van der Waals surface area contributed by atoms with Gasteiger partial charge in [0.1, 0.15) is 5.92 Å². The van der Waals surface area contributed by atoms with Crippen LogP contribution in [0.4, 0.5) is 4.79 Å². The van der Waals surface area contributed by atoms with E-state index in [1.54, 1.807) is 27.3 Å². The number of nitrogens with zero attached hydrogens (tertiary/aromatic N) is 2. The highest BCUT2D eigenvalue weighted by molar-refractivity contribution is 8.18. The number of ether oxygens (including phenoxy) is 2. The molecule has 8 nitrogen and oxygen atoms in total. The van der Waals surface area contributed by atoms with Crippen molar-refractivity contribution in [1.29, 1.82) is 0 Å². The number of amides is 4. The molecule has 0 radical (unpaired) electrons. The van der Waals surface area contributed by atoms with E-state index in [2.05, 4.69) is 5.32 Å². The van der Waals surface area contributed by atoms with Gasteiger partial charge in [0.25, 0.3) is 5.91 Å². The zero-order valence-electron chi connectivity index (χ0n) is 16.1. The fourth-order valence-corrected chi connectivity index (χ4v) is 4.18. The molecule has 0 saturated carbocycles. The van der Waals surface area contributed by atoms with Crippen molar-refractivity contribution < 1.29 is 28.4 Å². The van der Waals surface area contributed by atoms with Crippen molar-refractivity contribution >= 4 is 34.7 Å². The molecule has 2 heterocycles. The van der Waals surface area contributed by atoms with E-state index in [9.17, 15) is 14.4 Å². The predicted octanol–water partition coefficient (Wildman–Crippen LogP) is 1.24. The molecule has 9 heteroatoms. The Bertz CT molecular complexity index is 909. The average molecular weight is 404 g/mol. The van der Waals surface area contributed by atoms with Crippen molar-refractivity contribution in [3.63, 3.8) is 0 Å². The van der Waals surface area contributed by atoms with Crippen molar-refractivity contribution in [2.45, 2.75) is 6.42 Å². The van der Waals surface area contributed by atoms with Gasteiger partial charge in [-0.05, 0) is 42.0 Å². The van der Waals surface area contributed by atoms with Gasteiger partial charge < -0.3 is 14.8 Å². The molecule has 148 valence electrons. The summed E-state index contributed by atoms with van der Waals surface area (Å²) in [5.41, 5.74) is 0.996. The van der Waals surface area contributed by atoms with Crippen molar-refractivity contribution in [3.8, 4) is 11.5 Å². The monoisotopic (exact) mass is 404 g/mol. The molecule has 0 aliphatic carbocycles. The summed E-state index contributed by atoms with van der Waals surface area (Å²) in [6.45, 7) is 0.425. The first-order valence-corrected chi connectivity index (χ1v) is 9.50. The average Bonchev–Trinajstić information content (AvgIpc) is 3.16. The first-order valence-electron chi connectivity index (χ1n) is 8.68. The molecule has 1 aromatic rings. The highest BCUT2D eigenvalue weighted by Crippen LogP contribution is 2.35. The van der Waals surface area contributed by atoms with E-state index in [4.69, 9.17) is 9.47 Å². The Morgan fingerprint density at radius 2 is 1.96 bits per heavy atom. The van der Waals surface area contributed by atoms with Gasteiger partial charge in [-0.2, -0.15) is 14.3 Å². The van der Waals surface area contributed by atoms with Gasteiger partial charge in [0.15, 0.2) is 16.5 Å². The highest BCUT2D eigenvalue weighted by atomic mass is 32.2. The van der Waals surface area contributed by atoms with Crippen LogP contribution in [0.1, 0.15) is 5.56 Å². The number of carbonyl (C=O) groups is 3. The van der Waals surface area contributed by atoms with Crippen LogP contribution in [0.2, 0.25) is 0 Å². The minimum atomic E-state index is -0.579. The number of benzene rings is 1. The lowest BCUT2D eigenvalue weighted by atomic mass is 10.1. The Morgan fingerprint density at radius 1 is 1.25 bits per heavy atom. The molecule has 0 fully saturated rings. The van der Waals surface area contributed by atoms with Gasteiger partial charge in [-0.15, -0.1) is 0 Å². The Kier molecular flexibility index (Phi) is 5.73. The minimum Gasteiger partial charge on any atom is -0.493 e. The summed E-state index contributed by atoms with van der Waals surface area (Å²) >= 11 is 1.16. The molecular weight excluding hydrogens is 382 g/mol. The lowest BCUT2D eigenvalue weighted by molar-refractivity contribution is -0.403. The zero-order valence-corrected chi connectivity index (χ0v) is 17.0. The Morgan fingerprint density at radius 3 is 2.64 bits per heavy atom. The molecule has 0 saturated heterocycles. The van der Waals surface area contributed by atoms with Crippen LogP contribution in [0.25, 0.3) is 0 Å². The number of nitrogens with one attached hydrogen (secondary N) is 1. The van der Waals surface area contributed by atoms with Crippen LogP contribution in [-0.4, -0.2) is 67.2 Å². The van der Waals surface area contributed by atoms with Crippen LogP contribution in [0.3, 0.4) is 0 Å². The van der Waals surface area contributed by atoms with E-state index in [1.165, 1.54) is 11.6 Å². The van der Waals surface area contributed by atoms with E-state index in [1.807, 2.05) is 18.2 Å². The molecule has 2 aliphatic heterocycles. The van der Waals surface area contributed by atoms with Crippen LogP contribution in [0.15, 0.2) is 29.2 Å². The maximum atomic E-state index is 12.5. The molecule has 1 aromatic carbocycles. The fourth-order valence-electron chi connectivity index (χ4n) is 3.07. The smallest absolute Gasteiger partial charge is 0.493 e. The Labute approximate surface area is 167 Å². The number of rotatable bonds is 6. The number of urea groups is 1. The molecule has 0 bridgehead atoms. The van der Waals surface area contributed by atoms with Gasteiger partial charge in [0, 0.05) is 6.54 Å². The van der Waals surface area contributed by atoms with Crippen LogP contribution < -0.4 is 14.8 Å². The summed E-state index contributed by atoms with van der Waals surface area (Å²) < 4.78 is 11.9. The normalized spacial score (nSPS) is 18.8. The largest absolute Gasteiger partial charge is 0.500 e. The van der Waals surface area contributed by atoms with Crippen molar-refractivity contribution in [2.75, 3.05) is 34.9 Å². The quantitative estimate of drug-likeness (QED) is 0.718. The van der Waals surface area contributed by atoms with E-state index in [0.29, 0.717) is 34.4 Å². The van der Waals surface area contributed by atoms with Crippen LogP contribution in [0, 0.1) is 5.92 Å². The SMILES string of the molecule is COc1ccc(CCNC(=O)C2=CC3C(=O)N(C)C(=O)[N+](C)=C3S2)cc1OC. The van der Waals surface area contributed by atoms with E-state index in [0.717, 1.165) is 22.2 Å². The van der Waals surface area contributed by atoms with Gasteiger partial charge >= 0.3 is 11.9 Å². The minimum absolute atomic E-state index is 0.260. The van der Waals surface area contributed by atoms with Crippen molar-refractivity contribution in [2.24, 2.45) is 5.92 Å². The van der Waals surface area contributed by atoms with Gasteiger partial charge in [-0.25, -0.2) is 4.79 Å². The maximum Gasteiger partial charge on any atom is 0.500 e. The molecule has 0 aromatic heterocycles. The first kappa shape index (κ1) is 19.9. The highest BCUT2D eigenvalue weighted by Gasteiger charge is 2.48. The number of fused-ring (bicyclic) bond motifs is 1. The van der Waals surface area contributed by atoms with Crippen LogP contribution in [0.5, 0.6) is 11.5 Å². The Balaban J connectivity index is 1.62. The molecule has 1 unspecified atom stereocenters. The zero-order chi connectivity index (χ0) is 20.4. The summed E-state index contributed by atoms with van der Waals surface area (Å²) in [5.74, 6) is 0.124. The molecule has 2 aliphatic rings.